The molecule has 0 amide bonds. The summed E-state index contributed by atoms with van der Waals surface area (Å²) in [4.78, 5) is 9.34. The Kier molecular flexibility index (Phi) is 3.22. The minimum Gasteiger partial charge on any atom is -0.340 e. The summed E-state index contributed by atoms with van der Waals surface area (Å²) in [5.74, 6) is 0.794. The molecule has 1 atom stereocenters. The highest BCUT2D eigenvalue weighted by Gasteiger charge is 2.15. The molecule has 1 heterocycles. The number of hydrogen-bond acceptors (Lipinski definition) is 3. The van der Waals surface area contributed by atoms with Crippen LogP contribution in [0.2, 0.25) is 0 Å². The van der Waals surface area contributed by atoms with Crippen LogP contribution in [-0.4, -0.2) is 29.0 Å². The van der Waals surface area contributed by atoms with E-state index >= 15 is 0 Å². The second-order valence-corrected chi connectivity index (χ2v) is 4.05. The Morgan fingerprint density at radius 3 is 2.59 bits per heavy atom. The first-order valence-electron chi connectivity index (χ1n) is 5.38. The molecular weight excluding hydrogens is 212 g/mol. The van der Waals surface area contributed by atoms with Crippen molar-refractivity contribution in [2.75, 3.05) is 14.1 Å². The smallest absolute Gasteiger partial charge is 0.139 e. The zero-order valence-corrected chi connectivity index (χ0v) is 9.88. The molecule has 2 aromatic rings. The molecule has 1 aromatic carbocycles. The number of nitrogens with zero attached hydrogens (tertiary/aromatic N) is 3. The second kappa shape index (κ2) is 4.81. The van der Waals surface area contributed by atoms with E-state index in [4.69, 9.17) is 5.26 Å². The summed E-state index contributed by atoms with van der Waals surface area (Å²) >= 11 is 0. The van der Waals surface area contributed by atoms with Gasteiger partial charge in [-0.15, -0.1) is 0 Å². The largest absolute Gasteiger partial charge is 0.340 e. The van der Waals surface area contributed by atoms with Crippen molar-refractivity contribution in [3.8, 4) is 17.5 Å². The molecule has 0 fully saturated rings. The fourth-order valence-electron chi connectivity index (χ4n) is 1.68. The highest BCUT2D eigenvalue weighted by Crippen LogP contribution is 2.20. The van der Waals surface area contributed by atoms with Crippen LogP contribution in [0.5, 0.6) is 0 Å². The summed E-state index contributed by atoms with van der Waals surface area (Å²) in [6, 6.07) is 11.8. The molecule has 0 saturated carbocycles. The molecule has 1 N–H and O–H groups in total. The van der Waals surface area contributed by atoms with Crippen LogP contribution in [-0.2, 0) is 0 Å². The van der Waals surface area contributed by atoms with E-state index in [9.17, 15) is 0 Å². The molecule has 0 bridgehead atoms. The molecule has 0 spiro atoms. The van der Waals surface area contributed by atoms with E-state index in [0.717, 1.165) is 17.1 Å². The molecule has 0 saturated heterocycles. The Bertz CT molecular complexity index is 522. The fourth-order valence-corrected chi connectivity index (χ4v) is 1.68. The summed E-state index contributed by atoms with van der Waals surface area (Å²) in [7, 11) is 3.74. The molecule has 17 heavy (non-hydrogen) atoms. The standard InChI is InChI=1S/C13H14N4/c1-17(2)12(8-14)11-9-15-13(16-11)10-6-4-3-5-7-10/h3-7,9,12H,1-2H3,(H,15,16). The van der Waals surface area contributed by atoms with E-state index in [2.05, 4.69) is 16.0 Å². The summed E-state index contributed by atoms with van der Waals surface area (Å²) in [6.45, 7) is 0. The highest BCUT2D eigenvalue weighted by molar-refractivity contribution is 5.54. The Labute approximate surface area is 101 Å². The summed E-state index contributed by atoms with van der Waals surface area (Å²) < 4.78 is 0. The van der Waals surface area contributed by atoms with Crippen molar-refractivity contribution in [1.82, 2.24) is 14.9 Å². The van der Waals surface area contributed by atoms with Crippen LogP contribution in [0.15, 0.2) is 36.5 Å². The van der Waals surface area contributed by atoms with Crippen molar-refractivity contribution < 1.29 is 0 Å². The van der Waals surface area contributed by atoms with Crippen LogP contribution in [0.3, 0.4) is 0 Å². The Balaban J connectivity index is 2.31. The van der Waals surface area contributed by atoms with Gasteiger partial charge in [-0.25, -0.2) is 4.98 Å². The summed E-state index contributed by atoms with van der Waals surface area (Å²) in [6.07, 6.45) is 1.72. The number of nitrogens with one attached hydrogen (secondary N) is 1. The van der Waals surface area contributed by atoms with Crippen LogP contribution in [0, 0.1) is 11.3 Å². The van der Waals surface area contributed by atoms with Crippen molar-refractivity contribution in [2.24, 2.45) is 0 Å². The Hall–Kier alpha value is -2.12. The maximum atomic E-state index is 9.09. The lowest BCUT2D eigenvalue weighted by Crippen LogP contribution is -2.18. The van der Waals surface area contributed by atoms with Crippen molar-refractivity contribution in [2.45, 2.75) is 6.04 Å². The molecule has 0 radical (unpaired) electrons. The Morgan fingerprint density at radius 1 is 1.29 bits per heavy atom. The van der Waals surface area contributed by atoms with Gasteiger partial charge in [-0.05, 0) is 14.1 Å². The van der Waals surface area contributed by atoms with Crippen molar-refractivity contribution in [1.29, 1.82) is 5.26 Å². The third-order valence-electron chi connectivity index (χ3n) is 2.58. The van der Waals surface area contributed by atoms with Gasteiger partial charge >= 0.3 is 0 Å². The minimum absolute atomic E-state index is 0.292. The van der Waals surface area contributed by atoms with Crippen LogP contribution in [0.1, 0.15) is 11.7 Å². The topological polar surface area (TPSA) is 55.7 Å². The predicted molar refractivity (Wildman–Crippen MR) is 66.1 cm³/mol. The van der Waals surface area contributed by atoms with Gasteiger partial charge in [0.25, 0.3) is 0 Å². The SMILES string of the molecule is CN(C)C(C#N)c1cnc(-c2ccccc2)[nH]1. The monoisotopic (exact) mass is 226 g/mol. The maximum Gasteiger partial charge on any atom is 0.139 e. The molecule has 0 aliphatic heterocycles. The van der Waals surface area contributed by atoms with Gasteiger partial charge in [0.1, 0.15) is 11.9 Å². The molecule has 1 unspecified atom stereocenters. The lowest BCUT2D eigenvalue weighted by molar-refractivity contribution is 0.353. The quantitative estimate of drug-likeness (QED) is 0.872. The normalized spacial score (nSPS) is 12.4. The fraction of sp³-hybridized carbons (Fsp3) is 0.231. The van der Waals surface area contributed by atoms with E-state index < -0.39 is 0 Å². The third-order valence-corrected chi connectivity index (χ3v) is 2.58. The molecule has 4 nitrogen and oxygen atoms in total. The van der Waals surface area contributed by atoms with Crippen molar-refractivity contribution in [3.05, 3.63) is 42.2 Å². The summed E-state index contributed by atoms with van der Waals surface area (Å²) in [5, 5.41) is 9.09. The van der Waals surface area contributed by atoms with E-state index in [-0.39, 0.29) is 6.04 Å². The summed E-state index contributed by atoms with van der Waals surface area (Å²) in [5.41, 5.74) is 1.84. The average molecular weight is 226 g/mol. The van der Waals surface area contributed by atoms with Gasteiger partial charge in [-0.3, -0.25) is 4.90 Å². The highest BCUT2D eigenvalue weighted by atomic mass is 15.1. The van der Waals surface area contributed by atoms with E-state index in [1.165, 1.54) is 0 Å². The van der Waals surface area contributed by atoms with Crippen LogP contribution in [0.25, 0.3) is 11.4 Å². The zero-order chi connectivity index (χ0) is 12.3. The lowest BCUT2D eigenvalue weighted by Gasteiger charge is -2.14. The first-order chi connectivity index (χ1) is 8.22. The Morgan fingerprint density at radius 2 is 2.00 bits per heavy atom. The molecule has 4 heteroatoms. The number of H-pyrrole nitrogens is 1. The van der Waals surface area contributed by atoms with Crippen LogP contribution < -0.4 is 0 Å². The second-order valence-electron chi connectivity index (χ2n) is 4.05. The van der Waals surface area contributed by atoms with Gasteiger partial charge in [-0.1, -0.05) is 30.3 Å². The number of hydrogen-bond donors (Lipinski definition) is 1. The number of rotatable bonds is 3. The molecule has 86 valence electrons. The number of aromatic amines is 1. The molecule has 1 aromatic heterocycles. The lowest BCUT2D eigenvalue weighted by atomic mass is 10.2. The minimum atomic E-state index is -0.292. The predicted octanol–water partition coefficient (Wildman–Crippen LogP) is 2.20. The average Bonchev–Trinajstić information content (AvgIpc) is 2.80. The first kappa shape index (κ1) is 11.4. The molecule has 2 rings (SSSR count). The van der Waals surface area contributed by atoms with Crippen LogP contribution in [0.4, 0.5) is 0 Å². The van der Waals surface area contributed by atoms with Gasteiger partial charge in [0.05, 0.1) is 18.0 Å². The van der Waals surface area contributed by atoms with Crippen molar-refractivity contribution >= 4 is 0 Å². The number of nitriles is 1. The van der Waals surface area contributed by atoms with Gasteiger partial charge < -0.3 is 4.98 Å². The van der Waals surface area contributed by atoms with Gasteiger partial charge in [0, 0.05) is 5.56 Å². The molecular formula is C13H14N4. The van der Waals surface area contributed by atoms with Crippen molar-refractivity contribution in [3.63, 3.8) is 0 Å². The number of benzene rings is 1. The van der Waals surface area contributed by atoms with Gasteiger partial charge in [-0.2, -0.15) is 5.26 Å². The molecule has 0 aliphatic carbocycles. The van der Waals surface area contributed by atoms with Crippen LogP contribution >= 0.6 is 0 Å². The number of imidazole rings is 1. The van der Waals surface area contributed by atoms with Gasteiger partial charge in [0.2, 0.25) is 0 Å². The van der Waals surface area contributed by atoms with E-state index in [1.807, 2.05) is 49.3 Å². The van der Waals surface area contributed by atoms with E-state index in [0.29, 0.717) is 0 Å². The number of aromatic nitrogens is 2. The first-order valence-corrected chi connectivity index (χ1v) is 5.38. The molecule has 0 aliphatic rings. The maximum absolute atomic E-state index is 9.09. The third kappa shape index (κ3) is 2.35. The zero-order valence-electron chi connectivity index (χ0n) is 9.88. The van der Waals surface area contributed by atoms with E-state index in [1.54, 1.807) is 6.20 Å². The van der Waals surface area contributed by atoms with Gasteiger partial charge in [0.15, 0.2) is 0 Å².